The summed E-state index contributed by atoms with van der Waals surface area (Å²) in [4.78, 5) is 10.6. The maximum absolute atomic E-state index is 10.6. The molecule has 0 saturated carbocycles. The Kier molecular flexibility index (Phi) is 2.88. The van der Waals surface area contributed by atoms with Gasteiger partial charge in [-0.05, 0) is 47.2 Å². The van der Waals surface area contributed by atoms with Gasteiger partial charge in [0.2, 0.25) is 0 Å². The van der Waals surface area contributed by atoms with E-state index in [1.807, 2.05) is 28.7 Å². The molecule has 0 saturated heterocycles. The molecule has 0 amide bonds. The van der Waals surface area contributed by atoms with Crippen molar-refractivity contribution in [2.45, 2.75) is 6.92 Å². The molecular weight excluding hydrogens is 281 g/mol. The Morgan fingerprint density at radius 1 is 1.62 bits per heavy atom. The monoisotopic (exact) mass is 287 g/mol. The number of carboxylic acids is 1. The largest absolute Gasteiger partial charge is 0.478 e. The third-order valence-corrected chi connectivity index (χ3v) is 2.83. The van der Waals surface area contributed by atoms with Crippen molar-refractivity contribution in [3.8, 4) is 6.07 Å². The molecule has 66 valence electrons. The maximum Gasteiger partial charge on any atom is 0.335 e. The number of hydrogen-bond acceptors (Lipinski definition) is 2. The van der Waals surface area contributed by atoms with Gasteiger partial charge >= 0.3 is 5.97 Å². The molecule has 0 aliphatic rings. The molecule has 3 nitrogen and oxygen atoms in total. The van der Waals surface area contributed by atoms with Crippen molar-refractivity contribution in [2.75, 3.05) is 0 Å². The highest BCUT2D eigenvalue weighted by atomic mass is 127. The van der Waals surface area contributed by atoms with Gasteiger partial charge in [-0.25, -0.2) is 4.79 Å². The summed E-state index contributed by atoms with van der Waals surface area (Å²) < 4.78 is 0.800. The lowest BCUT2D eigenvalue weighted by molar-refractivity contribution is 0.0697. The van der Waals surface area contributed by atoms with Crippen LogP contribution in [0, 0.1) is 21.8 Å². The summed E-state index contributed by atoms with van der Waals surface area (Å²) >= 11 is 2.02. The lowest BCUT2D eigenvalue weighted by atomic mass is 10.1. The minimum Gasteiger partial charge on any atom is -0.478 e. The number of nitrogens with zero attached hydrogens (tertiary/aromatic N) is 1. The molecule has 0 bridgehead atoms. The average Bonchev–Trinajstić information content (AvgIpc) is 2.09. The van der Waals surface area contributed by atoms with Crippen LogP contribution in [0.1, 0.15) is 21.5 Å². The summed E-state index contributed by atoms with van der Waals surface area (Å²) in [5, 5.41) is 17.4. The third-order valence-electron chi connectivity index (χ3n) is 1.71. The molecular formula is C9H6INO2. The Labute approximate surface area is 89.1 Å². The first kappa shape index (κ1) is 9.99. The van der Waals surface area contributed by atoms with Crippen LogP contribution in [0.3, 0.4) is 0 Å². The van der Waals surface area contributed by atoms with Crippen molar-refractivity contribution in [1.29, 1.82) is 5.26 Å². The van der Waals surface area contributed by atoms with Crippen molar-refractivity contribution in [2.24, 2.45) is 0 Å². The summed E-state index contributed by atoms with van der Waals surface area (Å²) in [7, 11) is 0. The molecule has 0 atom stereocenters. The highest BCUT2D eigenvalue weighted by Crippen LogP contribution is 2.18. The summed E-state index contributed by atoms with van der Waals surface area (Å²) in [5.41, 5.74) is 1.41. The van der Waals surface area contributed by atoms with Crippen LogP contribution in [0.5, 0.6) is 0 Å². The van der Waals surface area contributed by atoms with Crippen LogP contribution < -0.4 is 0 Å². The van der Waals surface area contributed by atoms with Crippen molar-refractivity contribution in [3.63, 3.8) is 0 Å². The molecule has 0 aliphatic carbocycles. The predicted molar refractivity (Wildman–Crippen MR) is 55.6 cm³/mol. The second-order valence-electron chi connectivity index (χ2n) is 2.55. The summed E-state index contributed by atoms with van der Waals surface area (Å²) in [6, 6.07) is 4.91. The van der Waals surface area contributed by atoms with E-state index in [9.17, 15) is 4.79 Å². The van der Waals surface area contributed by atoms with Gasteiger partial charge in [-0.15, -0.1) is 0 Å². The molecule has 1 N–H and O–H groups in total. The maximum atomic E-state index is 10.6. The van der Waals surface area contributed by atoms with Crippen LogP contribution in [0.2, 0.25) is 0 Å². The number of hydrogen-bond donors (Lipinski definition) is 1. The highest BCUT2D eigenvalue weighted by molar-refractivity contribution is 14.1. The lowest BCUT2D eigenvalue weighted by Crippen LogP contribution is -1.99. The van der Waals surface area contributed by atoms with Crippen molar-refractivity contribution in [1.82, 2.24) is 0 Å². The molecule has 1 aromatic carbocycles. The van der Waals surface area contributed by atoms with Gasteiger partial charge < -0.3 is 5.11 Å². The molecule has 1 aromatic rings. The van der Waals surface area contributed by atoms with Crippen molar-refractivity contribution >= 4 is 28.6 Å². The second kappa shape index (κ2) is 3.75. The number of carboxylic acid groups (broad SMARTS) is 1. The van der Waals surface area contributed by atoms with Gasteiger partial charge in [-0.3, -0.25) is 0 Å². The molecule has 0 heterocycles. The fourth-order valence-electron chi connectivity index (χ4n) is 0.918. The van der Waals surface area contributed by atoms with Gasteiger partial charge in [0.1, 0.15) is 0 Å². The zero-order valence-corrected chi connectivity index (χ0v) is 8.99. The van der Waals surface area contributed by atoms with Crippen molar-refractivity contribution < 1.29 is 9.90 Å². The van der Waals surface area contributed by atoms with E-state index in [-0.39, 0.29) is 5.56 Å². The van der Waals surface area contributed by atoms with Gasteiger partial charge in [0.25, 0.3) is 0 Å². The number of rotatable bonds is 1. The fourth-order valence-corrected chi connectivity index (χ4v) is 1.54. The molecule has 0 radical (unpaired) electrons. The first-order valence-electron chi connectivity index (χ1n) is 3.50. The van der Waals surface area contributed by atoms with Crippen LogP contribution in [0.15, 0.2) is 12.1 Å². The molecule has 13 heavy (non-hydrogen) atoms. The van der Waals surface area contributed by atoms with E-state index in [0.717, 1.165) is 9.13 Å². The van der Waals surface area contributed by atoms with Gasteiger partial charge in [-0.1, -0.05) is 0 Å². The van der Waals surface area contributed by atoms with Crippen LogP contribution in [-0.2, 0) is 0 Å². The van der Waals surface area contributed by atoms with E-state index < -0.39 is 5.97 Å². The minimum atomic E-state index is -1.01. The van der Waals surface area contributed by atoms with Crippen LogP contribution in [0.4, 0.5) is 0 Å². The van der Waals surface area contributed by atoms with Gasteiger partial charge in [0.15, 0.2) is 0 Å². The molecule has 0 aliphatic heterocycles. The molecule has 0 spiro atoms. The van der Waals surface area contributed by atoms with E-state index in [4.69, 9.17) is 10.4 Å². The Morgan fingerprint density at radius 2 is 2.23 bits per heavy atom. The number of aromatic carboxylic acids is 1. The van der Waals surface area contributed by atoms with E-state index in [2.05, 4.69) is 0 Å². The zero-order chi connectivity index (χ0) is 10.0. The topological polar surface area (TPSA) is 61.1 Å². The second-order valence-corrected chi connectivity index (χ2v) is 3.71. The third kappa shape index (κ3) is 1.98. The SMILES string of the molecule is Cc1c(I)cc(C(=O)O)cc1C#N. The fraction of sp³-hybridized carbons (Fsp3) is 0.111. The predicted octanol–water partition coefficient (Wildman–Crippen LogP) is 2.17. The molecule has 0 aromatic heterocycles. The van der Waals surface area contributed by atoms with Crippen LogP contribution in [0.25, 0.3) is 0 Å². The van der Waals surface area contributed by atoms with Gasteiger partial charge in [0.05, 0.1) is 17.2 Å². The van der Waals surface area contributed by atoms with E-state index in [1.165, 1.54) is 6.07 Å². The molecule has 1 rings (SSSR count). The molecule has 0 unspecified atom stereocenters. The Morgan fingerprint density at radius 3 is 2.69 bits per heavy atom. The Balaban J connectivity index is 3.41. The molecule has 4 heteroatoms. The quantitative estimate of drug-likeness (QED) is 0.805. The smallest absolute Gasteiger partial charge is 0.335 e. The summed E-state index contributed by atoms with van der Waals surface area (Å²) in [6.45, 7) is 1.80. The number of nitriles is 1. The lowest BCUT2D eigenvalue weighted by Gasteiger charge is -2.02. The summed E-state index contributed by atoms with van der Waals surface area (Å²) in [5.74, 6) is -1.01. The van der Waals surface area contributed by atoms with Crippen LogP contribution in [-0.4, -0.2) is 11.1 Å². The van der Waals surface area contributed by atoms with Gasteiger partial charge in [0, 0.05) is 3.57 Å². The van der Waals surface area contributed by atoms with Gasteiger partial charge in [-0.2, -0.15) is 5.26 Å². The Hall–Kier alpha value is -1.09. The zero-order valence-electron chi connectivity index (χ0n) is 6.84. The van der Waals surface area contributed by atoms with Crippen LogP contribution >= 0.6 is 22.6 Å². The number of halogens is 1. The van der Waals surface area contributed by atoms with E-state index >= 15 is 0 Å². The average molecular weight is 287 g/mol. The van der Waals surface area contributed by atoms with E-state index in [0.29, 0.717) is 5.56 Å². The molecule has 0 fully saturated rings. The van der Waals surface area contributed by atoms with Crippen molar-refractivity contribution in [3.05, 3.63) is 32.4 Å². The van der Waals surface area contributed by atoms with E-state index in [1.54, 1.807) is 13.0 Å². The normalized spacial score (nSPS) is 9.31. The summed E-state index contributed by atoms with van der Waals surface area (Å²) in [6.07, 6.45) is 0. The highest BCUT2D eigenvalue weighted by Gasteiger charge is 2.09. The number of benzene rings is 1. The first-order valence-corrected chi connectivity index (χ1v) is 4.57. The minimum absolute atomic E-state index is 0.159. The Bertz CT molecular complexity index is 407. The first-order chi connectivity index (χ1) is 6.06. The standard InChI is InChI=1S/C9H6INO2/c1-5-7(4-11)2-6(9(12)13)3-8(5)10/h2-3H,1H3,(H,12,13). The number of carbonyl (C=O) groups is 1.